The van der Waals surface area contributed by atoms with E-state index >= 15 is 0 Å². The van der Waals surface area contributed by atoms with Crippen LogP contribution in [0.3, 0.4) is 0 Å². The Morgan fingerprint density at radius 1 is 1.46 bits per heavy atom. The van der Waals surface area contributed by atoms with Gasteiger partial charge in [-0.15, -0.1) is 6.42 Å². The number of ether oxygens (including phenoxy) is 1. The standard InChI is InChI=1S/C20H16FN5O2/c1-3-20(9-12(2)28-19(23)26-20)15-8-14(5-6-16(15)21)25-18(27)17-7-4-13(10-22)11-24-17/h1,4-8,11-12H,9H2,2H3,(H2,23,26)(H,25,27). The molecule has 2 unspecified atom stereocenters. The number of nitrogens with two attached hydrogens (primary N) is 1. The zero-order valence-corrected chi connectivity index (χ0v) is 14.9. The monoisotopic (exact) mass is 377 g/mol. The van der Waals surface area contributed by atoms with E-state index in [1.807, 2.05) is 6.07 Å². The lowest BCUT2D eigenvalue weighted by molar-refractivity contribution is 0.102. The Kier molecular flexibility index (Phi) is 4.97. The number of aliphatic imine (C=N–C) groups is 1. The van der Waals surface area contributed by atoms with Crippen LogP contribution in [0.5, 0.6) is 0 Å². The summed E-state index contributed by atoms with van der Waals surface area (Å²) in [5.41, 5.74) is 5.23. The van der Waals surface area contributed by atoms with Crippen LogP contribution in [0.1, 0.15) is 35.0 Å². The lowest BCUT2D eigenvalue weighted by Gasteiger charge is -2.33. The number of nitrogens with zero attached hydrogens (tertiary/aromatic N) is 3. The van der Waals surface area contributed by atoms with Gasteiger partial charge in [-0.2, -0.15) is 5.26 Å². The number of terminal acetylenes is 1. The predicted molar refractivity (Wildman–Crippen MR) is 101 cm³/mol. The smallest absolute Gasteiger partial charge is 0.284 e. The number of hydrogen-bond acceptors (Lipinski definition) is 6. The molecule has 0 saturated heterocycles. The first kappa shape index (κ1) is 18.9. The number of hydrogen-bond donors (Lipinski definition) is 2. The van der Waals surface area contributed by atoms with Crippen molar-refractivity contribution in [2.24, 2.45) is 10.7 Å². The molecule has 1 aromatic carbocycles. The van der Waals surface area contributed by atoms with Gasteiger partial charge < -0.3 is 15.8 Å². The predicted octanol–water partition coefficient (Wildman–Crippen LogP) is 2.30. The summed E-state index contributed by atoms with van der Waals surface area (Å²) in [6.07, 6.45) is 6.84. The van der Waals surface area contributed by atoms with Gasteiger partial charge in [-0.25, -0.2) is 14.4 Å². The Balaban J connectivity index is 1.93. The van der Waals surface area contributed by atoms with Crippen molar-refractivity contribution in [3.63, 3.8) is 0 Å². The van der Waals surface area contributed by atoms with E-state index in [4.69, 9.17) is 22.2 Å². The van der Waals surface area contributed by atoms with E-state index in [-0.39, 0.29) is 29.8 Å². The van der Waals surface area contributed by atoms with Gasteiger partial charge in [0.15, 0.2) is 5.54 Å². The maximum absolute atomic E-state index is 14.6. The van der Waals surface area contributed by atoms with Crippen LogP contribution in [0, 0.1) is 29.5 Å². The number of carbonyl (C=O) groups is 1. The fraction of sp³-hybridized carbons (Fsp3) is 0.200. The Labute approximate surface area is 161 Å². The highest BCUT2D eigenvalue weighted by atomic mass is 19.1. The number of nitriles is 1. The number of halogens is 1. The summed E-state index contributed by atoms with van der Waals surface area (Å²) >= 11 is 0. The van der Waals surface area contributed by atoms with Gasteiger partial charge in [-0.3, -0.25) is 4.79 Å². The van der Waals surface area contributed by atoms with Crippen molar-refractivity contribution in [3.8, 4) is 18.4 Å². The molecule has 3 rings (SSSR count). The quantitative estimate of drug-likeness (QED) is 0.797. The number of pyridine rings is 1. The Hall–Kier alpha value is -3.91. The van der Waals surface area contributed by atoms with Crippen LogP contribution in [0.2, 0.25) is 0 Å². The molecule has 7 nitrogen and oxygen atoms in total. The van der Waals surface area contributed by atoms with Gasteiger partial charge >= 0.3 is 0 Å². The van der Waals surface area contributed by atoms with E-state index in [0.29, 0.717) is 11.3 Å². The number of amidine groups is 1. The van der Waals surface area contributed by atoms with Crippen LogP contribution in [-0.2, 0) is 10.3 Å². The number of nitrogens with one attached hydrogen (secondary N) is 1. The summed E-state index contributed by atoms with van der Waals surface area (Å²) in [5, 5.41) is 11.4. The van der Waals surface area contributed by atoms with Gasteiger partial charge in [0, 0.05) is 23.9 Å². The minimum atomic E-state index is -1.33. The van der Waals surface area contributed by atoms with Crippen molar-refractivity contribution in [1.82, 2.24) is 4.98 Å². The fourth-order valence-electron chi connectivity index (χ4n) is 2.97. The lowest BCUT2D eigenvalue weighted by Crippen LogP contribution is -2.39. The third-order valence-corrected chi connectivity index (χ3v) is 4.24. The second kappa shape index (κ2) is 7.37. The van der Waals surface area contributed by atoms with Crippen molar-refractivity contribution in [1.29, 1.82) is 5.26 Å². The molecule has 0 spiro atoms. The highest BCUT2D eigenvalue weighted by molar-refractivity contribution is 6.02. The van der Waals surface area contributed by atoms with Gasteiger partial charge in [-0.05, 0) is 37.3 Å². The molecule has 1 aliphatic heterocycles. The molecule has 28 heavy (non-hydrogen) atoms. The SMILES string of the molecule is C#CC1(c2cc(NC(=O)c3ccc(C#N)cn3)ccc2F)CC(C)OC(N)=N1. The molecule has 2 atom stereocenters. The van der Waals surface area contributed by atoms with E-state index in [0.717, 1.165) is 0 Å². The van der Waals surface area contributed by atoms with Crippen molar-refractivity contribution in [2.45, 2.75) is 25.0 Å². The Morgan fingerprint density at radius 3 is 2.86 bits per heavy atom. The van der Waals surface area contributed by atoms with Crippen molar-refractivity contribution < 1.29 is 13.9 Å². The molecule has 3 N–H and O–H groups in total. The van der Waals surface area contributed by atoms with Gasteiger partial charge in [0.05, 0.1) is 5.56 Å². The van der Waals surface area contributed by atoms with Gasteiger partial charge in [-0.1, -0.05) is 5.92 Å². The van der Waals surface area contributed by atoms with E-state index in [1.54, 1.807) is 6.92 Å². The summed E-state index contributed by atoms with van der Waals surface area (Å²) in [6, 6.07) is 8.73. The van der Waals surface area contributed by atoms with Crippen LogP contribution in [0.15, 0.2) is 41.5 Å². The number of benzene rings is 1. The van der Waals surface area contributed by atoms with E-state index in [2.05, 4.69) is 21.2 Å². The summed E-state index contributed by atoms with van der Waals surface area (Å²) < 4.78 is 19.9. The number of rotatable bonds is 3. The number of carbonyl (C=O) groups excluding carboxylic acids is 1. The maximum atomic E-state index is 14.6. The third-order valence-electron chi connectivity index (χ3n) is 4.24. The second-order valence-corrected chi connectivity index (χ2v) is 6.28. The molecule has 0 fully saturated rings. The first-order valence-electron chi connectivity index (χ1n) is 8.34. The van der Waals surface area contributed by atoms with Crippen molar-refractivity contribution >= 4 is 17.6 Å². The molecular formula is C20H16FN5O2. The second-order valence-electron chi connectivity index (χ2n) is 6.28. The topological polar surface area (TPSA) is 113 Å². The van der Waals surface area contributed by atoms with Gasteiger partial charge in [0.25, 0.3) is 11.9 Å². The Bertz CT molecular complexity index is 1040. The van der Waals surface area contributed by atoms with E-state index in [9.17, 15) is 9.18 Å². The molecule has 1 aliphatic rings. The number of amides is 1. The molecule has 0 bridgehead atoms. The molecule has 2 aromatic rings. The van der Waals surface area contributed by atoms with Crippen LogP contribution in [0.25, 0.3) is 0 Å². The average Bonchev–Trinajstić information content (AvgIpc) is 2.68. The number of aromatic nitrogens is 1. The van der Waals surface area contributed by atoms with Gasteiger partial charge in [0.2, 0.25) is 0 Å². The molecule has 0 aliphatic carbocycles. The molecule has 1 amide bonds. The summed E-state index contributed by atoms with van der Waals surface area (Å²) in [5.74, 6) is 1.43. The average molecular weight is 377 g/mol. The summed E-state index contributed by atoms with van der Waals surface area (Å²) in [7, 11) is 0. The zero-order valence-electron chi connectivity index (χ0n) is 14.9. The van der Waals surface area contributed by atoms with Crippen LogP contribution >= 0.6 is 0 Å². The fourth-order valence-corrected chi connectivity index (χ4v) is 2.97. The van der Waals surface area contributed by atoms with Crippen LogP contribution in [-0.4, -0.2) is 23.0 Å². The molecular weight excluding hydrogens is 361 g/mol. The summed E-state index contributed by atoms with van der Waals surface area (Å²) in [4.78, 5) is 20.5. The highest BCUT2D eigenvalue weighted by Gasteiger charge is 2.39. The molecule has 8 heteroatoms. The third kappa shape index (κ3) is 3.62. The maximum Gasteiger partial charge on any atom is 0.284 e. The largest absolute Gasteiger partial charge is 0.462 e. The first-order chi connectivity index (χ1) is 13.4. The van der Waals surface area contributed by atoms with Crippen LogP contribution < -0.4 is 11.1 Å². The molecule has 0 radical (unpaired) electrons. The molecule has 0 saturated carbocycles. The lowest BCUT2D eigenvalue weighted by atomic mass is 9.84. The van der Waals surface area contributed by atoms with Gasteiger partial charge in [0.1, 0.15) is 23.7 Å². The minimum Gasteiger partial charge on any atom is -0.462 e. The minimum absolute atomic E-state index is 0.110. The Morgan fingerprint density at radius 2 is 2.25 bits per heavy atom. The summed E-state index contributed by atoms with van der Waals surface area (Å²) in [6.45, 7) is 1.76. The normalized spacial score (nSPS) is 20.9. The number of anilines is 1. The zero-order chi connectivity index (χ0) is 20.3. The first-order valence-corrected chi connectivity index (χ1v) is 8.34. The van der Waals surface area contributed by atoms with E-state index < -0.39 is 17.3 Å². The molecule has 2 heterocycles. The highest BCUT2D eigenvalue weighted by Crippen LogP contribution is 2.37. The van der Waals surface area contributed by atoms with Crippen LogP contribution in [0.4, 0.5) is 10.1 Å². The van der Waals surface area contributed by atoms with E-state index in [1.165, 1.54) is 36.5 Å². The molecule has 1 aromatic heterocycles. The molecule has 140 valence electrons. The van der Waals surface area contributed by atoms with Crippen molar-refractivity contribution in [2.75, 3.05) is 5.32 Å². The van der Waals surface area contributed by atoms with Crippen molar-refractivity contribution in [3.05, 3.63) is 59.2 Å².